The Kier molecular flexibility index (Phi) is 4.04. The number of rotatable bonds is 5. The zero-order chi connectivity index (χ0) is 13.8. The molecule has 0 atom stereocenters. The molecule has 100 valence electrons. The van der Waals surface area contributed by atoms with Crippen molar-refractivity contribution < 1.29 is 13.7 Å². The molecule has 2 aromatic rings. The zero-order valence-electron chi connectivity index (χ0n) is 10.9. The lowest BCUT2D eigenvalue weighted by Gasteiger charge is -1.98. The fraction of sp³-hybridized carbons (Fsp3) is 0.357. The van der Waals surface area contributed by atoms with E-state index in [0.29, 0.717) is 18.1 Å². The van der Waals surface area contributed by atoms with Crippen molar-refractivity contribution in [3.63, 3.8) is 0 Å². The van der Waals surface area contributed by atoms with Crippen LogP contribution in [0.2, 0.25) is 0 Å². The van der Waals surface area contributed by atoms with Gasteiger partial charge in [-0.2, -0.15) is 4.98 Å². The lowest BCUT2D eigenvalue weighted by atomic mass is 10.1. The van der Waals surface area contributed by atoms with Gasteiger partial charge in [0.15, 0.2) is 5.82 Å². The summed E-state index contributed by atoms with van der Waals surface area (Å²) in [6.07, 6.45) is 0.533. The maximum absolute atomic E-state index is 13.0. The summed E-state index contributed by atoms with van der Waals surface area (Å²) >= 11 is 0. The summed E-state index contributed by atoms with van der Waals surface area (Å²) < 4.78 is 18.0. The molecule has 1 aromatic heterocycles. The van der Waals surface area contributed by atoms with Gasteiger partial charge in [-0.1, -0.05) is 31.1 Å². The van der Waals surface area contributed by atoms with E-state index >= 15 is 0 Å². The molecule has 0 bridgehead atoms. The number of carbonyl (C=O) groups is 1. The first-order chi connectivity index (χ1) is 9.04. The second kappa shape index (κ2) is 5.73. The molecule has 0 aliphatic rings. The number of Topliss-reactive ketones (excluding diaryl/α,β-unsaturated/α-hetero) is 1. The Bertz CT molecular complexity index is 578. The minimum absolute atomic E-state index is 0.0564. The van der Waals surface area contributed by atoms with Gasteiger partial charge in [-0.05, 0) is 17.7 Å². The fourth-order valence-corrected chi connectivity index (χ4v) is 1.62. The number of ketones is 1. The average molecular weight is 262 g/mol. The van der Waals surface area contributed by atoms with Gasteiger partial charge in [0.1, 0.15) is 11.6 Å². The highest BCUT2D eigenvalue weighted by molar-refractivity contribution is 5.81. The molecule has 2 rings (SSSR count). The quantitative estimate of drug-likeness (QED) is 0.831. The normalized spacial score (nSPS) is 10.9. The van der Waals surface area contributed by atoms with Crippen molar-refractivity contribution in [2.24, 2.45) is 5.92 Å². The van der Waals surface area contributed by atoms with Crippen molar-refractivity contribution in [1.82, 2.24) is 10.1 Å². The van der Waals surface area contributed by atoms with E-state index < -0.39 is 0 Å². The predicted molar refractivity (Wildman–Crippen MR) is 67.1 cm³/mol. The minimum atomic E-state index is -0.295. The summed E-state index contributed by atoms with van der Waals surface area (Å²) in [5, 5.41) is 3.79. The molecule has 19 heavy (non-hydrogen) atoms. The van der Waals surface area contributed by atoms with E-state index in [1.807, 2.05) is 13.8 Å². The molecule has 0 fully saturated rings. The zero-order valence-corrected chi connectivity index (χ0v) is 10.9. The maximum Gasteiger partial charge on any atom is 0.234 e. The highest BCUT2D eigenvalue weighted by Gasteiger charge is 2.14. The van der Waals surface area contributed by atoms with Gasteiger partial charge in [0.25, 0.3) is 0 Å². The summed E-state index contributed by atoms with van der Waals surface area (Å²) in [4.78, 5) is 15.7. The lowest BCUT2D eigenvalue weighted by molar-refractivity contribution is -0.121. The van der Waals surface area contributed by atoms with Gasteiger partial charge in [0, 0.05) is 12.3 Å². The van der Waals surface area contributed by atoms with Crippen LogP contribution in [-0.2, 0) is 17.6 Å². The monoisotopic (exact) mass is 262 g/mol. The number of hydrogen-bond acceptors (Lipinski definition) is 4. The van der Waals surface area contributed by atoms with Gasteiger partial charge in [-0.15, -0.1) is 0 Å². The summed E-state index contributed by atoms with van der Waals surface area (Å²) in [5.74, 6) is 0.470. The number of hydrogen-bond donors (Lipinski definition) is 0. The molecule has 0 unspecified atom stereocenters. The third kappa shape index (κ3) is 3.71. The van der Waals surface area contributed by atoms with E-state index in [0.717, 1.165) is 5.56 Å². The van der Waals surface area contributed by atoms with Crippen LogP contribution in [0.25, 0.3) is 0 Å². The fourth-order valence-electron chi connectivity index (χ4n) is 1.62. The molecule has 4 nitrogen and oxygen atoms in total. The Morgan fingerprint density at radius 1 is 1.42 bits per heavy atom. The molecule has 0 radical (unpaired) electrons. The van der Waals surface area contributed by atoms with Crippen LogP contribution in [0.1, 0.15) is 31.1 Å². The van der Waals surface area contributed by atoms with Crippen molar-refractivity contribution in [2.45, 2.75) is 26.7 Å². The Balaban J connectivity index is 2.03. The number of nitrogens with zero attached hydrogens (tertiary/aromatic N) is 2. The van der Waals surface area contributed by atoms with E-state index in [-0.39, 0.29) is 23.9 Å². The molecule has 0 spiro atoms. The predicted octanol–water partition coefficient (Wildman–Crippen LogP) is 2.57. The van der Waals surface area contributed by atoms with Crippen LogP contribution >= 0.6 is 0 Å². The summed E-state index contributed by atoms with van der Waals surface area (Å²) in [5.41, 5.74) is 0.766. The Morgan fingerprint density at radius 2 is 2.21 bits per heavy atom. The van der Waals surface area contributed by atoms with Crippen LogP contribution in [0.3, 0.4) is 0 Å². The first-order valence-electron chi connectivity index (χ1n) is 6.13. The highest BCUT2D eigenvalue weighted by Crippen LogP contribution is 2.10. The molecule has 0 saturated carbocycles. The van der Waals surface area contributed by atoms with Crippen LogP contribution in [-0.4, -0.2) is 15.9 Å². The van der Waals surface area contributed by atoms with Gasteiger partial charge in [0.2, 0.25) is 5.89 Å². The maximum atomic E-state index is 13.0. The smallest absolute Gasteiger partial charge is 0.234 e. The molecular formula is C14H15FN2O2. The topological polar surface area (TPSA) is 56.0 Å². The van der Waals surface area contributed by atoms with Crippen LogP contribution in [0.15, 0.2) is 28.8 Å². The van der Waals surface area contributed by atoms with Crippen molar-refractivity contribution >= 4 is 5.78 Å². The molecule has 0 amide bonds. The highest BCUT2D eigenvalue weighted by atomic mass is 19.1. The average Bonchev–Trinajstić information content (AvgIpc) is 2.76. The molecule has 0 aliphatic carbocycles. The van der Waals surface area contributed by atoms with Crippen molar-refractivity contribution in [3.8, 4) is 0 Å². The van der Waals surface area contributed by atoms with E-state index in [2.05, 4.69) is 10.1 Å². The Morgan fingerprint density at radius 3 is 2.89 bits per heavy atom. The number of carbonyl (C=O) groups excluding carboxylic acids is 1. The van der Waals surface area contributed by atoms with E-state index in [1.165, 1.54) is 12.1 Å². The van der Waals surface area contributed by atoms with Gasteiger partial charge < -0.3 is 4.52 Å². The van der Waals surface area contributed by atoms with Crippen LogP contribution in [0, 0.1) is 11.7 Å². The second-order valence-electron chi connectivity index (χ2n) is 4.71. The van der Waals surface area contributed by atoms with E-state index in [1.54, 1.807) is 12.1 Å². The summed E-state index contributed by atoms with van der Waals surface area (Å²) in [6.45, 7) is 3.65. The van der Waals surface area contributed by atoms with Crippen LogP contribution < -0.4 is 0 Å². The molecular weight excluding hydrogens is 247 g/mol. The largest absolute Gasteiger partial charge is 0.339 e. The van der Waals surface area contributed by atoms with Crippen LogP contribution in [0.5, 0.6) is 0 Å². The van der Waals surface area contributed by atoms with Gasteiger partial charge in [0.05, 0.1) is 6.42 Å². The molecule has 0 N–H and O–H groups in total. The van der Waals surface area contributed by atoms with E-state index in [9.17, 15) is 9.18 Å². The Hall–Kier alpha value is -2.04. The Labute approximate surface area is 110 Å². The molecule has 5 heteroatoms. The van der Waals surface area contributed by atoms with Gasteiger partial charge in [-0.3, -0.25) is 4.79 Å². The van der Waals surface area contributed by atoms with Gasteiger partial charge >= 0.3 is 0 Å². The third-order valence-electron chi connectivity index (χ3n) is 2.73. The standard InChI is InChI=1S/C14H15FN2O2/c1-9(2)12(18)8-14-16-13(17-19-14)7-10-4-3-5-11(15)6-10/h3-6,9H,7-8H2,1-2H3. The summed E-state index contributed by atoms with van der Waals surface area (Å²) in [7, 11) is 0. The SMILES string of the molecule is CC(C)C(=O)Cc1nc(Cc2cccc(F)c2)no1. The molecule has 1 aromatic carbocycles. The van der Waals surface area contributed by atoms with Crippen LogP contribution in [0.4, 0.5) is 4.39 Å². The number of benzene rings is 1. The minimum Gasteiger partial charge on any atom is -0.339 e. The van der Waals surface area contributed by atoms with Crippen molar-refractivity contribution in [3.05, 3.63) is 47.4 Å². The molecule has 0 saturated heterocycles. The summed E-state index contributed by atoms with van der Waals surface area (Å²) in [6, 6.07) is 6.23. The van der Waals surface area contributed by atoms with Crippen molar-refractivity contribution in [1.29, 1.82) is 0 Å². The van der Waals surface area contributed by atoms with E-state index in [4.69, 9.17) is 4.52 Å². The first kappa shape index (κ1) is 13.4. The third-order valence-corrected chi connectivity index (χ3v) is 2.73. The molecule has 1 heterocycles. The first-order valence-corrected chi connectivity index (χ1v) is 6.13. The molecule has 0 aliphatic heterocycles. The number of halogens is 1. The number of aromatic nitrogens is 2. The van der Waals surface area contributed by atoms with Gasteiger partial charge in [-0.25, -0.2) is 4.39 Å². The van der Waals surface area contributed by atoms with Crippen molar-refractivity contribution in [2.75, 3.05) is 0 Å². The second-order valence-corrected chi connectivity index (χ2v) is 4.71. The lowest BCUT2D eigenvalue weighted by Crippen LogP contribution is -2.10.